The molecular weight excluding hydrogens is 312 g/mol. The van der Waals surface area contributed by atoms with Crippen molar-refractivity contribution in [1.82, 2.24) is 10.3 Å². The average molecular weight is 334 g/mol. The van der Waals surface area contributed by atoms with Crippen molar-refractivity contribution in [3.8, 4) is 0 Å². The number of carbonyl (C=O) groups is 2. The van der Waals surface area contributed by atoms with Gasteiger partial charge in [-0.25, -0.2) is 4.79 Å². The van der Waals surface area contributed by atoms with Crippen molar-refractivity contribution in [3.05, 3.63) is 44.9 Å². The van der Waals surface area contributed by atoms with Crippen molar-refractivity contribution in [3.63, 3.8) is 0 Å². The van der Waals surface area contributed by atoms with Gasteiger partial charge in [0.05, 0.1) is 18.7 Å². The Bertz CT molecular complexity index is 702. The summed E-state index contributed by atoms with van der Waals surface area (Å²) in [6.45, 7) is 7.64. The van der Waals surface area contributed by atoms with Crippen LogP contribution in [0.3, 0.4) is 0 Å². The fraction of sp³-hybridized carbons (Fsp3) is 0.412. The van der Waals surface area contributed by atoms with E-state index in [0.717, 1.165) is 4.88 Å². The molecule has 2 N–H and O–H groups in total. The van der Waals surface area contributed by atoms with Crippen molar-refractivity contribution in [2.45, 2.75) is 33.7 Å². The lowest BCUT2D eigenvalue weighted by Gasteiger charge is -2.21. The van der Waals surface area contributed by atoms with Gasteiger partial charge in [0.15, 0.2) is 0 Å². The second-order valence-electron chi connectivity index (χ2n) is 5.83. The van der Waals surface area contributed by atoms with Crippen molar-refractivity contribution in [2.75, 3.05) is 7.11 Å². The normalized spacial score (nSPS) is 12.3. The zero-order valence-corrected chi connectivity index (χ0v) is 14.8. The molecular formula is C17H22N2O3S. The number of thiophene rings is 1. The Balaban J connectivity index is 2.29. The smallest absolute Gasteiger partial charge is 0.339 e. The number of aromatic amines is 1. The molecule has 5 nitrogen and oxygen atoms in total. The molecule has 0 bridgehead atoms. The van der Waals surface area contributed by atoms with Gasteiger partial charge in [0.25, 0.3) is 5.91 Å². The van der Waals surface area contributed by atoms with E-state index >= 15 is 0 Å². The van der Waals surface area contributed by atoms with Crippen LogP contribution in [-0.4, -0.2) is 24.0 Å². The molecule has 124 valence electrons. The fourth-order valence-electron chi connectivity index (χ4n) is 2.63. The standard InChI is InChI=1S/C17H22N2O3S/c1-9(2)14(12-7-6-8-23-12)19-16(20)15-10(3)13(11(4)18-15)17(21)22-5/h6-9,14,18H,1-5H3,(H,19,20). The van der Waals surface area contributed by atoms with E-state index in [2.05, 4.69) is 24.1 Å². The highest BCUT2D eigenvalue weighted by molar-refractivity contribution is 7.10. The maximum absolute atomic E-state index is 12.7. The van der Waals surface area contributed by atoms with Crippen LogP contribution in [-0.2, 0) is 4.74 Å². The molecule has 0 spiro atoms. The first kappa shape index (κ1) is 17.3. The SMILES string of the molecule is COC(=O)c1c(C)[nH]c(C(=O)NC(c2cccs2)C(C)C)c1C. The van der Waals surface area contributed by atoms with Gasteiger partial charge >= 0.3 is 5.97 Å². The minimum atomic E-state index is -0.436. The number of aromatic nitrogens is 1. The molecule has 2 aromatic heterocycles. The van der Waals surface area contributed by atoms with Crippen LogP contribution in [0.4, 0.5) is 0 Å². The summed E-state index contributed by atoms with van der Waals surface area (Å²) in [5.41, 5.74) is 2.08. The third-order valence-corrected chi connectivity index (χ3v) is 4.81. The number of hydrogen-bond acceptors (Lipinski definition) is 4. The van der Waals surface area contributed by atoms with Crippen molar-refractivity contribution in [1.29, 1.82) is 0 Å². The lowest BCUT2D eigenvalue weighted by atomic mass is 10.0. The van der Waals surface area contributed by atoms with Gasteiger partial charge in [0, 0.05) is 10.6 Å². The minimum Gasteiger partial charge on any atom is -0.465 e. The number of nitrogens with one attached hydrogen (secondary N) is 2. The molecule has 1 atom stereocenters. The summed E-state index contributed by atoms with van der Waals surface area (Å²) in [4.78, 5) is 28.6. The van der Waals surface area contributed by atoms with Crippen LogP contribution in [0.1, 0.15) is 56.9 Å². The summed E-state index contributed by atoms with van der Waals surface area (Å²) in [5.74, 6) is -0.393. The highest BCUT2D eigenvalue weighted by Crippen LogP contribution is 2.27. The molecule has 2 aromatic rings. The topological polar surface area (TPSA) is 71.2 Å². The van der Waals surface area contributed by atoms with Crippen LogP contribution < -0.4 is 5.32 Å². The highest BCUT2D eigenvalue weighted by Gasteiger charge is 2.25. The number of methoxy groups -OCH3 is 1. The number of esters is 1. The monoisotopic (exact) mass is 334 g/mol. The molecule has 0 aromatic carbocycles. The number of amides is 1. The van der Waals surface area contributed by atoms with Crippen molar-refractivity contribution in [2.24, 2.45) is 5.92 Å². The molecule has 0 radical (unpaired) electrons. The zero-order valence-electron chi connectivity index (χ0n) is 14.0. The van der Waals surface area contributed by atoms with Gasteiger partial charge in [0.2, 0.25) is 0 Å². The Hall–Kier alpha value is -2.08. The third-order valence-electron chi connectivity index (χ3n) is 3.86. The summed E-state index contributed by atoms with van der Waals surface area (Å²) >= 11 is 1.62. The van der Waals surface area contributed by atoms with E-state index in [1.165, 1.54) is 7.11 Å². The largest absolute Gasteiger partial charge is 0.465 e. The first-order valence-electron chi connectivity index (χ1n) is 7.48. The third kappa shape index (κ3) is 3.47. The predicted molar refractivity (Wildman–Crippen MR) is 91.0 cm³/mol. The first-order chi connectivity index (χ1) is 10.9. The number of aryl methyl sites for hydroxylation is 1. The Kier molecular flexibility index (Phi) is 5.26. The number of ether oxygens (including phenoxy) is 1. The maximum atomic E-state index is 12.7. The number of H-pyrrole nitrogens is 1. The lowest BCUT2D eigenvalue weighted by molar-refractivity contribution is 0.0599. The Morgan fingerprint density at radius 1 is 1.30 bits per heavy atom. The van der Waals surface area contributed by atoms with Crippen LogP contribution in [0, 0.1) is 19.8 Å². The molecule has 2 rings (SSSR count). The fourth-order valence-corrected chi connectivity index (χ4v) is 3.58. The molecule has 0 saturated carbocycles. The molecule has 1 amide bonds. The van der Waals surface area contributed by atoms with Crippen LogP contribution in [0.25, 0.3) is 0 Å². The predicted octanol–water partition coefficient (Wildman–Crippen LogP) is 3.61. The van der Waals surface area contributed by atoms with Gasteiger partial charge in [-0.2, -0.15) is 0 Å². The molecule has 0 aliphatic carbocycles. The lowest BCUT2D eigenvalue weighted by Crippen LogP contribution is -2.31. The summed E-state index contributed by atoms with van der Waals surface area (Å²) in [5, 5.41) is 5.06. The van der Waals surface area contributed by atoms with Crippen LogP contribution in [0.15, 0.2) is 17.5 Å². The number of rotatable bonds is 5. The summed E-state index contributed by atoms with van der Waals surface area (Å²) in [6.07, 6.45) is 0. The van der Waals surface area contributed by atoms with E-state index in [-0.39, 0.29) is 17.9 Å². The van der Waals surface area contributed by atoms with Crippen LogP contribution in [0.2, 0.25) is 0 Å². The molecule has 6 heteroatoms. The van der Waals surface area contributed by atoms with E-state index in [4.69, 9.17) is 4.74 Å². The second-order valence-corrected chi connectivity index (χ2v) is 6.81. The Labute approximate surface area is 140 Å². The van der Waals surface area contributed by atoms with Crippen molar-refractivity contribution < 1.29 is 14.3 Å². The van der Waals surface area contributed by atoms with Crippen LogP contribution >= 0.6 is 11.3 Å². The van der Waals surface area contributed by atoms with Gasteiger partial charge in [0.1, 0.15) is 5.69 Å². The average Bonchev–Trinajstić information content (AvgIpc) is 3.12. The van der Waals surface area contributed by atoms with Gasteiger partial charge in [-0.1, -0.05) is 19.9 Å². The Morgan fingerprint density at radius 3 is 2.52 bits per heavy atom. The van der Waals surface area contributed by atoms with Gasteiger partial charge in [-0.05, 0) is 36.8 Å². The molecule has 0 aliphatic heterocycles. The van der Waals surface area contributed by atoms with Crippen molar-refractivity contribution >= 4 is 23.2 Å². The van der Waals surface area contributed by atoms with E-state index in [9.17, 15) is 9.59 Å². The number of hydrogen-bond donors (Lipinski definition) is 2. The number of carbonyl (C=O) groups excluding carboxylic acids is 2. The van der Waals surface area contributed by atoms with E-state index in [1.807, 2.05) is 17.5 Å². The summed E-state index contributed by atoms with van der Waals surface area (Å²) in [6, 6.07) is 3.93. The van der Waals surface area contributed by atoms with Gasteiger partial charge in [-0.3, -0.25) is 4.79 Å². The van der Waals surface area contributed by atoms with Crippen LogP contribution in [0.5, 0.6) is 0 Å². The van der Waals surface area contributed by atoms with Gasteiger partial charge < -0.3 is 15.0 Å². The van der Waals surface area contributed by atoms with E-state index in [1.54, 1.807) is 25.2 Å². The summed E-state index contributed by atoms with van der Waals surface area (Å²) < 4.78 is 4.78. The van der Waals surface area contributed by atoms with Gasteiger partial charge in [-0.15, -0.1) is 11.3 Å². The quantitative estimate of drug-likeness (QED) is 0.821. The summed E-state index contributed by atoms with van der Waals surface area (Å²) in [7, 11) is 1.33. The van der Waals surface area contributed by atoms with E-state index < -0.39 is 5.97 Å². The molecule has 2 heterocycles. The molecule has 0 fully saturated rings. The first-order valence-corrected chi connectivity index (χ1v) is 8.36. The molecule has 0 aliphatic rings. The minimum absolute atomic E-state index is 0.0629. The Morgan fingerprint density at radius 2 is 2.00 bits per heavy atom. The maximum Gasteiger partial charge on any atom is 0.339 e. The molecule has 0 saturated heterocycles. The van der Waals surface area contributed by atoms with E-state index in [0.29, 0.717) is 22.5 Å². The second kappa shape index (κ2) is 7.00. The molecule has 1 unspecified atom stereocenters. The highest BCUT2D eigenvalue weighted by atomic mass is 32.1. The zero-order chi connectivity index (χ0) is 17.1. The molecule has 23 heavy (non-hydrogen) atoms.